The first-order chi connectivity index (χ1) is 34.0. The van der Waals surface area contributed by atoms with Gasteiger partial charge in [0.05, 0.1) is 0 Å². The van der Waals surface area contributed by atoms with Gasteiger partial charge in [0.1, 0.15) is 13.2 Å². The number of carbonyl (C=O) groups is 3. The Labute approximate surface area is 428 Å². The second kappa shape index (κ2) is 57.7. The van der Waals surface area contributed by atoms with Crippen molar-refractivity contribution in [2.75, 3.05) is 13.2 Å². The molecular formula is C63H112O6. The van der Waals surface area contributed by atoms with Gasteiger partial charge in [-0.05, 0) is 103 Å². The average molecular weight is 966 g/mol. The first-order valence-corrected chi connectivity index (χ1v) is 29.8. The van der Waals surface area contributed by atoms with Gasteiger partial charge in [-0.15, -0.1) is 0 Å². The van der Waals surface area contributed by atoms with E-state index in [1.165, 1.54) is 167 Å². The van der Waals surface area contributed by atoms with Gasteiger partial charge in [0, 0.05) is 19.3 Å². The number of rotatable bonds is 54. The fourth-order valence-electron chi connectivity index (χ4n) is 8.43. The number of hydrogen-bond donors (Lipinski definition) is 0. The molecule has 0 saturated carbocycles. The van der Waals surface area contributed by atoms with Crippen LogP contribution in [0.15, 0.2) is 60.8 Å². The maximum atomic E-state index is 12.8. The highest BCUT2D eigenvalue weighted by molar-refractivity contribution is 5.71. The number of ether oxygens (including phenoxy) is 3. The lowest BCUT2D eigenvalue weighted by Gasteiger charge is -2.18. The molecular weight excluding hydrogens is 853 g/mol. The Morgan fingerprint density at radius 1 is 0.290 bits per heavy atom. The quantitative estimate of drug-likeness (QED) is 0.0262. The SMILES string of the molecule is CCCC/C=C\CCCCCCCC(=O)OCC(COC(=O)CCCCCCCCCCCCCCC/C=C\C/C=C\CCCCCCC)OC(=O)CCCCCCC/C=C\C/C=C\CCCCC. The van der Waals surface area contributed by atoms with Crippen molar-refractivity contribution >= 4 is 17.9 Å². The number of allylic oxidation sites excluding steroid dienone is 10. The highest BCUT2D eigenvalue weighted by atomic mass is 16.6. The molecule has 0 heterocycles. The van der Waals surface area contributed by atoms with E-state index < -0.39 is 6.10 Å². The van der Waals surface area contributed by atoms with E-state index in [-0.39, 0.29) is 31.1 Å². The van der Waals surface area contributed by atoms with E-state index in [1.807, 2.05) is 0 Å². The van der Waals surface area contributed by atoms with Crippen LogP contribution in [0.2, 0.25) is 0 Å². The van der Waals surface area contributed by atoms with Gasteiger partial charge in [0.2, 0.25) is 0 Å². The molecule has 0 fully saturated rings. The molecule has 400 valence electrons. The van der Waals surface area contributed by atoms with Gasteiger partial charge >= 0.3 is 17.9 Å². The molecule has 0 N–H and O–H groups in total. The minimum atomic E-state index is -0.784. The van der Waals surface area contributed by atoms with Gasteiger partial charge in [-0.1, -0.05) is 242 Å². The van der Waals surface area contributed by atoms with Crippen LogP contribution in [0.1, 0.15) is 303 Å². The molecule has 0 rings (SSSR count). The van der Waals surface area contributed by atoms with Gasteiger partial charge in [-0.2, -0.15) is 0 Å². The maximum Gasteiger partial charge on any atom is 0.306 e. The van der Waals surface area contributed by atoms with Crippen molar-refractivity contribution in [2.45, 2.75) is 309 Å². The zero-order valence-corrected chi connectivity index (χ0v) is 45.8. The van der Waals surface area contributed by atoms with Crippen LogP contribution in [0.5, 0.6) is 0 Å². The molecule has 0 aromatic rings. The Bertz CT molecular complexity index is 1250. The summed E-state index contributed by atoms with van der Waals surface area (Å²) in [6.07, 6.45) is 72.2. The van der Waals surface area contributed by atoms with Crippen molar-refractivity contribution in [1.82, 2.24) is 0 Å². The first-order valence-electron chi connectivity index (χ1n) is 29.8. The molecule has 1 atom stereocenters. The maximum absolute atomic E-state index is 12.8. The minimum Gasteiger partial charge on any atom is -0.462 e. The molecule has 0 radical (unpaired) electrons. The summed E-state index contributed by atoms with van der Waals surface area (Å²) in [6, 6.07) is 0. The highest BCUT2D eigenvalue weighted by Gasteiger charge is 2.19. The predicted molar refractivity (Wildman–Crippen MR) is 298 cm³/mol. The Morgan fingerprint density at radius 2 is 0.536 bits per heavy atom. The summed E-state index contributed by atoms with van der Waals surface area (Å²) >= 11 is 0. The lowest BCUT2D eigenvalue weighted by molar-refractivity contribution is -0.167. The van der Waals surface area contributed by atoms with E-state index in [0.29, 0.717) is 19.3 Å². The van der Waals surface area contributed by atoms with E-state index in [4.69, 9.17) is 14.2 Å². The Balaban J connectivity index is 4.25. The Hall–Kier alpha value is -2.89. The third-order valence-corrected chi connectivity index (χ3v) is 13.0. The molecule has 0 spiro atoms. The van der Waals surface area contributed by atoms with Crippen molar-refractivity contribution in [2.24, 2.45) is 0 Å². The molecule has 0 aliphatic rings. The summed E-state index contributed by atoms with van der Waals surface area (Å²) < 4.78 is 16.8. The van der Waals surface area contributed by atoms with Crippen molar-refractivity contribution in [1.29, 1.82) is 0 Å². The van der Waals surface area contributed by atoms with E-state index in [2.05, 4.69) is 81.5 Å². The van der Waals surface area contributed by atoms with Gasteiger partial charge in [0.25, 0.3) is 0 Å². The van der Waals surface area contributed by atoms with Gasteiger partial charge in [0.15, 0.2) is 6.10 Å². The van der Waals surface area contributed by atoms with Crippen molar-refractivity contribution in [3.63, 3.8) is 0 Å². The van der Waals surface area contributed by atoms with Crippen LogP contribution in [-0.2, 0) is 28.6 Å². The van der Waals surface area contributed by atoms with Crippen LogP contribution in [0.4, 0.5) is 0 Å². The smallest absolute Gasteiger partial charge is 0.306 e. The van der Waals surface area contributed by atoms with Crippen LogP contribution >= 0.6 is 0 Å². The normalized spacial score (nSPS) is 12.4. The third-order valence-electron chi connectivity index (χ3n) is 13.0. The number of hydrogen-bond acceptors (Lipinski definition) is 6. The van der Waals surface area contributed by atoms with Crippen LogP contribution in [-0.4, -0.2) is 37.2 Å². The summed E-state index contributed by atoms with van der Waals surface area (Å²) in [4.78, 5) is 38.1. The molecule has 0 aliphatic carbocycles. The van der Waals surface area contributed by atoms with E-state index in [0.717, 1.165) is 96.3 Å². The molecule has 0 bridgehead atoms. The highest BCUT2D eigenvalue weighted by Crippen LogP contribution is 2.16. The number of carbonyl (C=O) groups excluding carboxylic acids is 3. The molecule has 0 aromatic carbocycles. The molecule has 0 saturated heterocycles. The van der Waals surface area contributed by atoms with Crippen LogP contribution in [0.25, 0.3) is 0 Å². The summed E-state index contributed by atoms with van der Waals surface area (Å²) in [6.45, 7) is 6.57. The van der Waals surface area contributed by atoms with Gasteiger partial charge in [-0.3, -0.25) is 14.4 Å². The second-order valence-corrected chi connectivity index (χ2v) is 19.9. The van der Waals surface area contributed by atoms with Gasteiger partial charge in [-0.25, -0.2) is 0 Å². The number of esters is 3. The Kier molecular flexibility index (Phi) is 55.3. The van der Waals surface area contributed by atoms with Crippen molar-refractivity contribution < 1.29 is 28.6 Å². The summed E-state index contributed by atoms with van der Waals surface area (Å²) in [5, 5.41) is 0. The summed E-state index contributed by atoms with van der Waals surface area (Å²) in [5.41, 5.74) is 0. The van der Waals surface area contributed by atoms with E-state index in [9.17, 15) is 14.4 Å². The van der Waals surface area contributed by atoms with Crippen LogP contribution < -0.4 is 0 Å². The topological polar surface area (TPSA) is 78.9 Å². The predicted octanol–water partition coefficient (Wildman–Crippen LogP) is 20.0. The lowest BCUT2D eigenvalue weighted by atomic mass is 10.0. The molecule has 0 aliphatic heterocycles. The first kappa shape index (κ1) is 66.1. The monoisotopic (exact) mass is 965 g/mol. The minimum absolute atomic E-state index is 0.0816. The Morgan fingerprint density at radius 3 is 0.884 bits per heavy atom. The molecule has 69 heavy (non-hydrogen) atoms. The largest absolute Gasteiger partial charge is 0.462 e. The van der Waals surface area contributed by atoms with Crippen LogP contribution in [0.3, 0.4) is 0 Å². The summed E-state index contributed by atoms with van der Waals surface area (Å²) in [7, 11) is 0. The van der Waals surface area contributed by atoms with Crippen molar-refractivity contribution in [3.05, 3.63) is 60.8 Å². The zero-order chi connectivity index (χ0) is 50.0. The van der Waals surface area contributed by atoms with Crippen molar-refractivity contribution in [3.8, 4) is 0 Å². The summed E-state index contributed by atoms with van der Waals surface area (Å²) in [5.74, 6) is -0.896. The van der Waals surface area contributed by atoms with E-state index >= 15 is 0 Å². The molecule has 6 heteroatoms. The van der Waals surface area contributed by atoms with Crippen LogP contribution in [0, 0.1) is 0 Å². The van der Waals surface area contributed by atoms with E-state index in [1.54, 1.807) is 0 Å². The molecule has 0 aromatic heterocycles. The third kappa shape index (κ3) is 55.9. The fraction of sp³-hybridized carbons (Fsp3) is 0.794. The molecule has 0 amide bonds. The zero-order valence-electron chi connectivity index (χ0n) is 45.8. The molecule has 1 unspecified atom stereocenters. The average Bonchev–Trinajstić information content (AvgIpc) is 3.35. The standard InChI is InChI=1S/C63H112O6/c1-4-7-10-13-16-19-22-24-26-27-28-29-30-31-32-33-34-35-37-38-41-44-47-50-53-56-62(65)68-59-60(58-67-61(64)55-52-49-46-43-40-21-18-15-12-9-6-3)69-63(66)57-54-51-48-45-42-39-36-25-23-20-17-14-11-8-5-2/h15,17-18,20,22,24-25,27-28,36,60H,4-14,16,19,21,23,26,29-35,37-59H2,1-3H3/b18-15-,20-17-,24-22-,28-27-,36-25-. The fourth-order valence-corrected chi connectivity index (χ4v) is 8.43. The molecule has 6 nitrogen and oxygen atoms in total. The van der Waals surface area contributed by atoms with Gasteiger partial charge < -0.3 is 14.2 Å². The lowest BCUT2D eigenvalue weighted by Crippen LogP contribution is -2.30. The number of unbranched alkanes of at least 4 members (excludes halogenated alkanes) is 33. The second-order valence-electron chi connectivity index (χ2n) is 19.9.